The number of nitrogens with one attached hydrogen (secondary N) is 1. The first-order valence-corrected chi connectivity index (χ1v) is 7.45. The number of ether oxygens (including phenoxy) is 1. The molecule has 1 saturated carbocycles. The molecule has 0 heterocycles. The van der Waals surface area contributed by atoms with Crippen molar-refractivity contribution >= 4 is 15.9 Å². The number of hydrogen-bond acceptors (Lipinski definition) is 2. The Morgan fingerprint density at radius 1 is 1.30 bits per heavy atom. The Bertz CT molecular complexity index is 447. The lowest BCUT2D eigenvalue weighted by Gasteiger charge is -2.14. The molecule has 6 heteroatoms. The first-order chi connectivity index (χ1) is 9.46. The molecule has 0 spiro atoms. The second-order valence-corrected chi connectivity index (χ2v) is 5.80. The summed E-state index contributed by atoms with van der Waals surface area (Å²) in [5.41, 5.74) is 0.971. The minimum atomic E-state index is -4.12. The van der Waals surface area contributed by atoms with Gasteiger partial charge in [-0.1, -0.05) is 12.1 Å². The van der Waals surface area contributed by atoms with Crippen LogP contribution in [0.1, 0.15) is 31.2 Å². The molecule has 2 nitrogen and oxygen atoms in total. The summed E-state index contributed by atoms with van der Waals surface area (Å²) in [5, 5.41) is 3.37. The van der Waals surface area contributed by atoms with Crippen LogP contribution in [0.25, 0.3) is 0 Å². The summed E-state index contributed by atoms with van der Waals surface area (Å²) in [7, 11) is 0. The quantitative estimate of drug-likeness (QED) is 0.734. The maximum Gasteiger partial charge on any atom is 0.389 e. The molecule has 0 bridgehead atoms. The Labute approximate surface area is 124 Å². The Kier molecular flexibility index (Phi) is 5.32. The van der Waals surface area contributed by atoms with Gasteiger partial charge in [-0.15, -0.1) is 0 Å². The lowest BCUT2D eigenvalue weighted by atomic mass is 10.2. The number of hydrogen-bond donors (Lipinski definition) is 1. The van der Waals surface area contributed by atoms with E-state index in [-0.39, 0.29) is 13.0 Å². The van der Waals surface area contributed by atoms with Crippen molar-refractivity contribution in [2.24, 2.45) is 0 Å². The van der Waals surface area contributed by atoms with Gasteiger partial charge in [0.1, 0.15) is 5.75 Å². The zero-order valence-electron chi connectivity index (χ0n) is 11.0. The fourth-order valence-corrected chi connectivity index (χ4v) is 2.36. The standard InChI is InChI=1S/C14H17BrF3NO/c15-12-4-1-3-10(9-19-11-5-6-11)13(12)20-8-2-7-14(16,17)18/h1,3-4,11,19H,2,5-9H2. The highest BCUT2D eigenvalue weighted by atomic mass is 79.9. The van der Waals surface area contributed by atoms with Gasteiger partial charge in [-0.25, -0.2) is 0 Å². The molecular weight excluding hydrogens is 335 g/mol. The normalized spacial score (nSPS) is 15.4. The van der Waals surface area contributed by atoms with Crippen molar-refractivity contribution in [1.29, 1.82) is 0 Å². The topological polar surface area (TPSA) is 21.3 Å². The Hall–Kier alpha value is -0.750. The number of halogens is 4. The summed E-state index contributed by atoms with van der Waals surface area (Å²) in [4.78, 5) is 0. The molecule has 1 aromatic rings. The summed E-state index contributed by atoms with van der Waals surface area (Å²) < 4.78 is 42.6. The average molecular weight is 352 g/mol. The van der Waals surface area contributed by atoms with Crippen molar-refractivity contribution in [3.05, 3.63) is 28.2 Å². The third kappa shape index (κ3) is 5.32. The lowest BCUT2D eigenvalue weighted by Crippen LogP contribution is -2.16. The maximum absolute atomic E-state index is 12.1. The van der Waals surface area contributed by atoms with Gasteiger partial charge in [0.05, 0.1) is 11.1 Å². The van der Waals surface area contributed by atoms with Crippen LogP contribution in [0.4, 0.5) is 13.2 Å². The predicted octanol–water partition coefficient (Wildman–Crippen LogP) is 4.42. The summed E-state index contributed by atoms with van der Waals surface area (Å²) >= 11 is 3.39. The fourth-order valence-electron chi connectivity index (χ4n) is 1.84. The van der Waals surface area contributed by atoms with Gasteiger partial charge < -0.3 is 10.1 Å². The first kappa shape index (κ1) is 15.6. The van der Waals surface area contributed by atoms with E-state index in [0.717, 1.165) is 10.0 Å². The molecule has 0 atom stereocenters. The van der Waals surface area contributed by atoms with Crippen LogP contribution < -0.4 is 10.1 Å². The summed E-state index contributed by atoms with van der Waals surface area (Å²) in [5.74, 6) is 0.642. The van der Waals surface area contributed by atoms with Crippen LogP contribution in [0.2, 0.25) is 0 Å². The molecule has 0 saturated heterocycles. The molecule has 0 radical (unpaired) electrons. The highest BCUT2D eigenvalue weighted by Crippen LogP contribution is 2.30. The number of benzene rings is 1. The van der Waals surface area contributed by atoms with Crippen LogP contribution in [0.3, 0.4) is 0 Å². The number of rotatable bonds is 7. The van der Waals surface area contributed by atoms with Crippen molar-refractivity contribution in [3.63, 3.8) is 0 Å². The predicted molar refractivity (Wildman–Crippen MR) is 74.8 cm³/mol. The zero-order chi connectivity index (χ0) is 14.6. The van der Waals surface area contributed by atoms with Crippen LogP contribution >= 0.6 is 15.9 Å². The molecule has 0 unspecified atom stereocenters. The van der Waals surface area contributed by atoms with Crippen molar-refractivity contribution in [2.75, 3.05) is 6.61 Å². The van der Waals surface area contributed by atoms with Gasteiger partial charge in [-0.05, 0) is 41.3 Å². The van der Waals surface area contributed by atoms with E-state index in [1.165, 1.54) is 12.8 Å². The molecule has 1 N–H and O–H groups in total. The third-order valence-electron chi connectivity index (χ3n) is 3.06. The van der Waals surface area contributed by atoms with E-state index >= 15 is 0 Å². The van der Waals surface area contributed by atoms with E-state index in [2.05, 4.69) is 21.2 Å². The fraction of sp³-hybridized carbons (Fsp3) is 0.571. The molecule has 0 aliphatic heterocycles. The van der Waals surface area contributed by atoms with Crippen LogP contribution in [0.15, 0.2) is 22.7 Å². The highest BCUT2D eigenvalue weighted by Gasteiger charge is 2.26. The lowest BCUT2D eigenvalue weighted by molar-refractivity contribution is -0.136. The third-order valence-corrected chi connectivity index (χ3v) is 3.68. The second-order valence-electron chi connectivity index (χ2n) is 4.95. The monoisotopic (exact) mass is 351 g/mol. The maximum atomic E-state index is 12.1. The molecule has 1 aromatic carbocycles. The van der Waals surface area contributed by atoms with Crippen molar-refractivity contribution in [1.82, 2.24) is 5.32 Å². The zero-order valence-corrected chi connectivity index (χ0v) is 12.6. The van der Waals surface area contributed by atoms with Gasteiger partial charge in [0.2, 0.25) is 0 Å². The molecule has 20 heavy (non-hydrogen) atoms. The van der Waals surface area contributed by atoms with Crippen molar-refractivity contribution < 1.29 is 17.9 Å². The van der Waals surface area contributed by atoms with Gasteiger partial charge >= 0.3 is 6.18 Å². The van der Waals surface area contributed by atoms with Crippen LogP contribution in [-0.4, -0.2) is 18.8 Å². The first-order valence-electron chi connectivity index (χ1n) is 6.66. The summed E-state index contributed by atoms with van der Waals surface area (Å²) in [6.45, 7) is 0.747. The minimum Gasteiger partial charge on any atom is -0.492 e. The molecule has 1 aliphatic rings. The van der Waals surface area contributed by atoms with Crippen molar-refractivity contribution in [2.45, 2.75) is 44.4 Å². The van der Waals surface area contributed by atoms with Crippen molar-refractivity contribution in [3.8, 4) is 5.75 Å². The number of alkyl halides is 3. The average Bonchev–Trinajstić information content (AvgIpc) is 3.17. The van der Waals surface area contributed by atoms with E-state index in [1.807, 2.05) is 18.2 Å². The van der Waals surface area contributed by atoms with E-state index in [4.69, 9.17) is 4.74 Å². The molecule has 2 rings (SSSR count). The van der Waals surface area contributed by atoms with E-state index in [0.29, 0.717) is 18.3 Å². The Balaban J connectivity index is 1.87. The second kappa shape index (κ2) is 6.80. The van der Waals surface area contributed by atoms with E-state index in [1.54, 1.807) is 0 Å². The van der Waals surface area contributed by atoms with Gasteiger partial charge in [0.25, 0.3) is 0 Å². The molecule has 1 fully saturated rings. The van der Waals surface area contributed by atoms with Crippen LogP contribution in [0.5, 0.6) is 5.75 Å². The van der Waals surface area contributed by atoms with Gasteiger partial charge in [-0.3, -0.25) is 0 Å². The van der Waals surface area contributed by atoms with Gasteiger partial charge in [0.15, 0.2) is 0 Å². The Morgan fingerprint density at radius 2 is 2.05 bits per heavy atom. The molecule has 1 aliphatic carbocycles. The largest absolute Gasteiger partial charge is 0.492 e. The molecular formula is C14H17BrF3NO. The Morgan fingerprint density at radius 3 is 2.70 bits per heavy atom. The van der Waals surface area contributed by atoms with Crippen LogP contribution in [-0.2, 0) is 6.54 Å². The smallest absolute Gasteiger partial charge is 0.389 e. The van der Waals surface area contributed by atoms with Crippen LogP contribution in [0, 0.1) is 0 Å². The van der Waals surface area contributed by atoms with E-state index in [9.17, 15) is 13.2 Å². The van der Waals surface area contributed by atoms with E-state index < -0.39 is 12.6 Å². The molecule has 112 valence electrons. The SMILES string of the molecule is FC(F)(F)CCCOc1c(Br)cccc1CNC1CC1. The van der Waals surface area contributed by atoms with Gasteiger partial charge in [-0.2, -0.15) is 13.2 Å². The molecule has 0 aromatic heterocycles. The molecule has 0 amide bonds. The minimum absolute atomic E-state index is 0.0275. The number of para-hydroxylation sites is 1. The summed E-state index contributed by atoms with van der Waals surface area (Å²) in [6, 6.07) is 6.24. The summed E-state index contributed by atoms with van der Waals surface area (Å²) in [6.07, 6.45) is -2.58. The highest BCUT2D eigenvalue weighted by molar-refractivity contribution is 9.10. The van der Waals surface area contributed by atoms with Gasteiger partial charge in [0, 0.05) is 24.6 Å².